The molecule has 160 valence electrons. The second-order valence-corrected chi connectivity index (χ2v) is 7.28. The molecule has 0 saturated carbocycles. The van der Waals surface area contributed by atoms with Crippen LogP contribution < -0.4 is 20.7 Å². The number of nitrogens with one attached hydrogen (secondary N) is 1. The van der Waals surface area contributed by atoms with Gasteiger partial charge >= 0.3 is 0 Å². The molecule has 0 aromatic heterocycles. The molecule has 2 aliphatic heterocycles. The number of ether oxygens (including phenoxy) is 1. The number of guanidine groups is 2. The summed E-state index contributed by atoms with van der Waals surface area (Å²) >= 11 is 0. The SMILES string of the molecule is CCOc1ccc(NC2N=C(N)N=C(N3CCCC3)N2c2cccc(C)c2)cc1.Cl. The maximum atomic E-state index is 6.12. The standard InChI is InChI=1S/C22H28N6O.ClH/c1-3-29-19-11-9-17(10-12-19)24-21-25-20(23)26-22(27-13-4-5-14-27)28(21)18-8-6-7-16(2)15-18;/h6-12,15,21,24H,3-5,13-14H2,1-2H3,(H2,23,25);1H. The predicted octanol–water partition coefficient (Wildman–Crippen LogP) is 3.80. The topological polar surface area (TPSA) is 78.5 Å². The van der Waals surface area contributed by atoms with Gasteiger partial charge in [-0.2, -0.15) is 4.99 Å². The van der Waals surface area contributed by atoms with E-state index in [2.05, 4.69) is 56.3 Å². The van der Waals surface area contributed by atoms with Crippen LogP contribution in [-0.2, 0) is 0 Å². The Hall–Kier alpha value is -2.93. The van der Waals surface area contributed by atoms with E-state index in [1.165, 1.54) is 5.56 Å². The number of aryl methyl sites for hydroxylation is 1. The quantitative estimate of drug-likeness (QED) is 0.757. The maximum Gasteiger partial charge on any atom is 0.222 e. The molecular formula is C22H29ClN6O. The van der Waals surface area contributed by atoms with Crippen LogP contribution in [0.5, 0.6) is 5.75 Å². The molecule has 8 heteroatoms. The number of nitrogens with two attached hydrogens (primary N) is 1. The summed E-state index contributed by atoms with van der Waals surface area (Å²) in [5.74, 6) is 1.99. The predicted molar refractivity (Wildman–Crippen MR) is 126 cm³/mol. The van der Waals surface area contributed by atoms with Gasteiger partial charge in [0, 0.05) is 24.5 Å². The van der Waals surface area contributed by atoms with Gasteiger partial charge in [-0.25, -0.2) is 4.99 Å². The van der Waals surface area contributed by atoms with Crippen molar-refractivity contribution in [3.63, 3.8) is 0 Å². The molecule has 0 radical (unpaired) electrons. The van der Waals surface area contributed by atoms with Gasteiger partial charge < -0.3 is 20.7 Å². The molecule has 2 aliphatic rings. The molecule has 0 bridgehead atoms. The fourth-order valence-corrected chi connectivity index (χ4v) is 3.71. The summed E-state index contributed by atoms with van der Waals surface area (Å²) in [6.45, 7) is 6.67. The minimum Gasteiger partial charge on any atom is -0.494 e. The largest absolute Gasteiger partial charge is 0.494 e. The fraction of sp³-hybridized carbons (Fsp3) is 0.364. The van der Waals surface area contributed by atoms with Crippen molar-refractivity contribution in [2.75, 3.05) is 29.9 Å². The van der Waals surface area contributed by atoms with Crippen LogP contribution in [0.2, 0.25) is 0 Å². The Labute approximate surface area is 184 Å². The van der Waals surface area contributed by atoms with E-state index < -0.39 is 0 Å². The number of halogens is 1. The molecule has 0 amide bonds. The number of benzene rings is 2. The monoisotopic (exact) mass is 428 g/mol. The second kappa shape index (κ2) is 9.71. The van der Waals surface area contributed by atoms with Gasteiger partial charge in [-0.1, -0.05) is 12.1 Å². The summed E-state index contributed by atoms with van der Waals surface area (Å²) < 4.78 is 5.54. The molecule has 0 spiro atoms. The van der Waals surface area contributed by atoms with Crippen LogP contribution >= 0.6 is 12.4 Å². The van der Waals surface area contributed by atoms with E-state index >= 15 is 0 Å². The van der Waals surface area contributed by atoms with E-state index in [0.717, 1.165) is 49.0 Å². The van der Waals surface area contributed by atoms with E-state index in [-0.39, 0.29) is 18.7 Å². The Morgan fingerprint density at radius 3 is 2.53 bits per heavy atom. The molecule has 2 heterocycles. The molecule has 1 fully saturated rings. The lowest BCUT2D eigenvalue weighted by Crippen LogP contribution is -2.54. The lowest BCUT2D eigenvalue weighted by molar-refractivity contribution is 0.340. The number of aliphatic imine (C=N–C) groups is 2. The molecule has 2 aromatic rings. The van der Waals surface area contributed by atoms with Gasteiger partial charge in [-0.05, 0) is 68.7 Å². The second-order valence-electron chi connectivity index (χ2n) is 7.28. The lowest BCUT2D eigenvalue weighted by Gasteiger charge is -2.38. The molecule has 1 atom stereocenters. The van der Waals surface area contributed by atoms with Gasteiger partial charge in [0.2, 0.25) is 18.2 Å². The molecular weight excluding hydrogens is 400 g/mol. The smallest absolute Gasteiger partial charge is 0.222 e. The molecule has 2 aromatic carbocycles. The molecule has 1 saturated heterocycles. The summed E-state index contributed by atoms with van der Waals surface area (Å²) in [4.78, 5) is 13.6. The molecule has 0 aliphatic carbocycles. The van der Waals surface area contributed by atoms with Crippen molar-refractivity contribution in [3.05, 3.63) is 54.1 Å². The van der Waals surface area contributed by atoms with E-state index in [9.17, 15) is 0 Å². The van der Waals surface area contributed by atoms with Crippen molar-refractivity contribution >= 4 is 35.7 Å². The van der Waals surface area contributed by atoms with Crippen molar-refractivity contribution < 1.29 is 4.74 Å². The van der Waals surface area contributed by atoms with Crippen molar-refractivity contribution in [2.24, 2.45) is 15.7 Å². The van der Waals surface area contributed by atoms with Crippen molar-refractivity contribution in [2.45, 2.75) is 33.0 Å². The van der Waals surface area contributed by atoms with Crippen LogP contribution in [0.4, 0.5) is 11.4 Å². The number of anilines is 2. The number of hydrogen-bond acceptors (Lipinski definition) is 7. The van der Waals surface area contributed by atoms with E-state index in [1.807, 2.05) is 31.2 Å². The van der Waals surface area contributed by atoms with E-state index in [0.29, 0.717) is 12.6 Å². The van der Waals surface area contributed by atoms with Crippen LogP contribution in [0.1, 0.15) is 25.3 Å². The summed E-state index contributed by atoms with van der Waals surface area (Å²) in [5, 5.41) is 3.50. The van der Waals surface area contributed by atoms with Crippen LogP contribution in [0, 0.1) is 6.92 Å². The molecule has 1 unspecified atom stereocenters. The van der Waals surface area contributed by atoms with Gasteiger partial charge in [-0.3, -0.25) is 4.90 Å². The van der Waals surface area contributed by atoms with Crippen LogP contribution in [0.3, 0.4) is 0 Å². The number of hydrogen-bond donors (Lipinski definition) is 2. The number of likely N-dealkylation sites (tertiary alicyclic amines) is 1. The van der Waals surface area contributed by atoms with Gasteiger partial charge in [0.1, 0.15) is 5.75 Å². The lowest BCUT2D eigenvalue weighted by atomic mass is 10.2. The van der Waals surface area contributed by atoms with Gasteiger partial charge in [0.05, 0.1) is 6.61 Å². The first-order chi connectivity index (χ1) is 14.1. The van der Waals surface area contributed by atoms with Gasteiger partial charge in [0.15, 0.2) is 0 Å². The summed E-state index contributed by atoms with van der Waals surface area (Å²) in [6, 6.07) is 16.3. The number of rotatable bonds is 5. The molecule has 30 heavy (non-hydrogen) atoms. The van der Waals surface area contributed by atoms with E-state index in [1.54, 1.807) is 0 Å². The van der Waals surface area contributed by atoms with Crippen LogP contribution in [0.25, 0.3) is 0 Å². The Kier molecular flexibility index (Phi) is 7.05. The third kappa shape index (κ3) is 4.79. The average molecular weight is 429 g/mol. The van der Waals surface area contributed by atoms with Crippen molar-refractivity contribution in [1.29, 1.82) is 0 Å². The Morgan fingerprint density at radius 2 is 1.87 bits per heavy atom. The summed E-state index contributed by atoms with van der Waals surface area (Å²) in [5.41, 5.74) is 9.28. The first-order valence-electron chi connectivity index (χ1n) is 10.2. The Bertz CT molecular complexity index is 908. The van der Waals surface area contributed by atoms with E-state index in [4.69, 9.17) is 10.5 Å². The first-order valence-corrected chi connectivity index (χ1v) is 10.2. The minimum absolute atomic E-state index is 0. The summed E-state index contributed by atoms with van der Waals surface area (Å²) in [6.07, 6.45) is 1.94. The van der Waals surface area contributed by atoms with Gasteiger partial charge in [-0.15, -0.1) is 12.4 Å². The highest BCUT2D eigenvalue weighted by atomic mass is 35.5. The highest BCUT2D eigenvalue weighted by Crippen LogP contribution is 2.26. The average Bonchev–Trinajstić information content (AvgIpc) is 3.24. The Morgan fingerprint density at radius 1 is 1.13 bits per heavy atom. The minimum atomic E-state index is -0.386. The third-order valence-corrected chi connectivity index (χ3v) is 5.06. The fourth-order valence-electron chi connectivity index (χ4n) is 3.71. The molecule has 3 N–H and O–H groups in total. The highest BCUT2D eigenvalue weighted by molar-refractivity contribution is 6.06. The Balaban J connectivity index is 0.00000256. The zero-order valence-corrected chi connectivity index (χ0v) is 18.2. The molecule has 7 nitrogen and oxygen atoms in total. The third-order valence-electron chi connectivity index (χ3n) is 5.06. The normalized spacial score (nSPS) is 18.4. The van der Waals surface area contributed by atoms with Crippen LogP contribution in [-0.4, -0.2) is 42.8 Å². The summed E-state index contributed by atoms with van der Waals surface area (Å²) in [7, 11) is 0. The van der Waals surface area contributed by atoms with Crippen LogP contribution in [0.15, 0.2) is 58.5 Å². The zero-order valence-electron chi connectivity index (χ0n) is 17.4. The van der Waals surface area contributed by atoms with Crippen molar-refractivity contribution in [3.8, 4) is 5.75 Å². The molecule has 4 rings (SSSR count). The number of nitrogens with zero attached hydrogens (tertiary/aromatic N) is 4. The zero-order chi connectivity index (χ0) is 20.2. The van der Waals surface area contributed by atoms with Crippen molar-refractivity contribution in [1.82, 2.24) is 4.90 Å². The van der Waals surface area contributed by atoms with Gasteiger partial charge in [0.25, 0.3) is 0 Å². The maximum absolute atomic E-state index is 6.12. The highest BCUT2D eigenvalue weighted by Gasteiger charge is 2.32. The first kappa shape index (κ1) is 21.8.